The van der Waals surface area contributed by atoms with Crippen molar-refractivity contribution in [2.45, 2.75) is 20.4 Å². The predicted octanol–water partition coefficient (Wildman–Crippen LogP) is 3.51. The van der Waals surface area contributed by atoms with Gasteiger partial charge < -0.3 is 5.32 Å². The molecule has 0 atom stereocenters. The highest BCUT2D eigenvalue weighted by molar-refractivity contribution is 9.10. The van der Waals surface area contributed by atoms with Gasteiger partial charge in [0, 0.05) is 18.4 Å². The van der Waals surface area contributed by atoms with Crippen LogP contribution in [-0.4, -0.2) is 16.3 Å². The van der Waals surface area contributed by atoms with E-state index in [1.807, 2.05) is 30.9 Å². The summed E-state index contributed by atoms with van der Waals surface area (Å²) in [5, 5.41) is 7.41. The first-order chi connectivity index (χ1) is 8.56. The molecule has 0 bridgehead atoms. The molecule has 0 radical (unpaired) electrons. The van der Waals surface area contributed by atoms with Crippen LogP contribution in [0.5, 0.6) is 0 Å². The second kappa shape index (κ2) is 5.52. The van der Waals surface area contributed by atoms with Crippen LogP contribution in [0.3, 0.4) is 0 Å². The number of hydrogen-bond donors (Lipinski definition) is 1. The van der Waals surface area contributed by atoms with Crippen molar-refractivity contribution in [2.75, 3.05) is 11.9 Å². The molecule has 3 nitrogen and oxygen atoms in total. The van der Waals surface area contributed by atoms with Crippen molar-refractivity contribution in [1.29, 1.82) is 0 Å². The average Bonchev–Trinajstić information content (AvgIpc) is 2.71. The SMILES string of the molecule is Cc1cnn(CCNc2cc(F)c(Br)cc2C)c1. The molecule has 0 saturated heterocycles. The topological polar surface area (TPSA) is 29.9 Å². The van der Waals surface area contributed by atoms with Crippen molar-refractivity contribution in [1.82, 2.24) is 9.78 Å². The van der Waals surface area contributed by atoms with Gasteiger partial charge in [-0.05, 0) is 53.0 Å². The van der Waals surface area contributed by atoms with Crippen molar-refractivity contribution in [3.05, 3.63) is 45.9 Å². The maximum absolute atomic E-state index is 13.4. The molecule has 0 spiro atoms. The summed E-state index contributed by atoms with van der Waals surface area (Å²) in [6.45, 7) is 5.42. The van der Waals surface area contributed by atoms with E-state index >= 15 is 0 Å². The molecule has 0 saturated carbocycles. The summed E-state index contributed by atoms with van der Waals surface area (Å²) >= 11 is 3.17. The lowest BCUT2D eigenvalue weighted by atomic mass is 10.2. The molecule has 1 aromatic carbocycles. The summed E-state index contributed by atoms with van der Waals surface area (Å²) in [5.74, 6) is -0.252. The number of nitrogens with one attached hydrogen (secondary N) is 1. The van der Waals surface area contributed by atoms with E-state index in [0.717, 1.165) is 23.4 Å². The van der Waals surface area contributed by atoms with Crippen LogP contribution in [0.2, 0.25) is 0 Å². The van der Waals surface area contributed by atoms with Gasteiger partial charge in [-0.2, -0.15) is 5.10 Å². The number of anilines is 1. The van der Waals surface area contributed by atoms with E-state index in [1.54, 1.807) is 6.07 Å². The van der Waals surface area contributed by atoms with Crippen LogP contribution >= 0.6 is 15.9 Å². The first-order valence-electron chi connectivity index (χ1n) is 5.75. The Bertz CT molecular complexity index is 551. The Morgan fingerprint density at radius 1 is 1.39 bits per heavy atom. The molecule has 2 rings (SSSR count). The van der Waals surface area contributed by atoms with Crippen LogP contribution in [0.1, 0.15) is 11.1 Å². The fourth-order valence-electron chi connectivity index (χ4n) is 1.73. The van der Waals surface area contributed by atoms with Gasteiger partial charge in [-0.15, -0.1) is 0 Å². The second-order valence-electron chi connectivity index (χ2n) is 4.29. The fraction of sp³-hybridized carbons (Fsp3) is 0.308. The summed E-state index contributed by atoms with van der Waals surface area (Å²) in [7, 11) is 0. The molecule has 0 amide bonds. The molecule has 0 fully saturated rings. The molecule has 1 aromatic heterocycles. The van der Waals surface area contributed by atoms with Gasteiger partial charge in [0.05, 0.1) is 17.2 Å². The lowest BCUT2D eigenvalue weighted by Crippen LogP contribution is -2.11. The lowest BCUT2D eigenvalue weighted by molar-refractivity contribution is 0.619. The Balaban J connectivity index is 1.96. The normalized spacial score (nSPS) is 10.7. The number of halogens is 2. The quantitative estimate of drug-likeness (QED) is 0.936. The third-order valence-electron chi connectivity index (χ3n) is 2.69. The van der Waals surface area contributed by atoms with Crippen molar-refractivity contribution in [2.24, 2.45) is 0 Å². The average molecular weight is 312 g/mol. The Hall–Kier alpha value is -1.36. The third kappa shape index (κ3) is 3.10. The summed E-state index contributed by atoms with van der Waals surface area (Å²) in [4.78, 5) is 0. The molecule has 0 aliphatic heterocycles. The van der Waals surface area contributed by atoms with Gasteiger partial charge in [0.1, 0.15) is 5.82 Å². The van der Waals surface area contributed by atoms with Gasteiger partial charge in [-0.3, -0.25) is 4.68 Å². The summed E-state index contributed by atoms with van der Waals surface area (Å²) < 4.78 is 15.8. The van der Waals surface area contributed by atoms with E-state index in [2.05, 4.69) is 26.3 Å². The zero-order chi connectivity index (χ0) is 13.1. The van der Waals surface area contributed by atoms with Gasteiger partial charge in [-0.1, -0.05) is 0 Å². The van der Waals surface area contributed by atoms with Crippen LogP contribution < -0.4 is 5.32 Å². The molecule has 0 unspecified atom stereocenters. The Kier molecular flexibility index (Phi) is 4.01. The first-order valence-corrected chi connectivity index (χ1v) is 6.54. The number of benzene rings is 1. The van der Waals surface area contributed by atoms with Crippen molar-refractivity contribution in [3.8, 4) is 0 Å². The molecular formula is C13H15BrFN3. The monoisotopic (exact) mass is 311 g/mol. The van der Waals surface area contributed by atoms with Gasteiger partial charge in [0.15, 0.2) is 0 Å². The standard InChI is InChI=1S/C13H15BrFN3/c1-9-7-17-18(8-9)4-3-16-13-6-12(15)11(14)5-10(13)2/h5-8,16H,3-4H2,1-2H3. The minimum Gasteiger partial charge on any atom is -0.383 e. The van der Waals surface area contributed by atoms with E-state index in [4.69, 9.17) is 0 Å². The van der Waals surface area contributed by atoms with Crippen LogP contribution in [0.25, 0.3) is 0 Å². The number of aryl methyl sites for hydroxylation is 2. The molecule has 0 aliphatic carbocycles. The Morgan fingerprint density at radius 2 is 2.17 bits per heavy atom. The Labute approximate surface area is 114 Å². The van der Waals surface area contributed by atoms with Crippen molar-refractivity contribution in [3.63, 3.8) is 0 Å². The van der Waals surface area contributed by atoms with Crippen LogP contribution in [0, 0.1) is 19.7 Å². The zero-order valence-corrected chi connectivity index (χ0v) is 12.0. The highest BCUT2D eigenvalue weighted by Gasteiger charge is 2.04. The highest BCUT2D eigenvalue weighted by atomic mass is 79.9. The maximum atomic E-state index is 13.4. The minimum atomic E-state index is -0.252. The fourth-order valence-corrected chi connectivity index (χ4v) is 2.19. The van der Waals surface area contributed by atoms with Gasteiger partial charge in [0.2, 0.25) is 0 Å². The van der Waals surface area contributed by atoms with Crippen molar-refractivity contribution < 1.29 is 4.39 Å². The Morgan fingerprint density at radius 3 is 2.83 bits per heavy atom. The number of aromatic nitrogens is 2. The summed E-state index contributed by atoms with van der Waals surface area (Å²) in [5.41, 5.74) is 2.97. The minimum absolute atomic E-state index is 0.252. The van der Waals surface area contributed by atoms with E-state index in [9.17, 15) is 4.39 Å². The molecule has 5 heteroatoms. The summed E-state index contributed by atoms with van der Waals surface area (Å²) in [6.07, 6.45) is 3.81. The lowest BCUT2D eigenvalue weighted by Gasteiger charge is -2.10. The van der Waals surface area contributed by atoms with E-state index in [-0.39, 0.29) is 5.82 Å². The predicted molar refractivity (Wildman–Crippen MR) is 74.3 cm³/mol. The number of hydrogen-bond acceptors (Lipinski definition) is 2. The smallest absolute Gasteiger partial charge is 0.139 e. The van der Waals surface area contributed by atoms with Crippen LogP contribution in [-0.2, 0) is 6.54 Å². The number of nitrogens with zero attached hydrogens (tertiary/aromatic N) is 2. The first kappa shape index (κ1) is 13.1. The molecule has 18 heavy (non-hydrogen) atoms. The zero-order valence-electron chi connectivity index (χ0n) is 10.4. The number of rotatable bonds is 4. The highest BCUT2D eigenvalue weighted by Crippen LogP contribution is 2.23. The second-order valence-corrected chi connectivity index (χ2v) is 5.14. The van der Waals surface area contributed by atoms with Gasteiger partial charge in [0.25, 0.3) is 0 Å². The van der Waals surface area contributed by atoms with E-state index in [1.165, 1.54) is 6.07 Å². The van der Waals surface area contributed by atoms with Crippen LogP contribution in [0.15, 0.2) is 29.0 Å². The molecule has 96 valence electrons. The molecule has 1 heterocycles. The van der Waals surface area contributed by atoms with Crippen LogP contribution in [0.4, 0.5) is 10.1 Å². The molecule has 0 aliphatic rings. The maximum Gasteiger partial charge on any atom is 0.139 e. The molecule has 1 N–H and O–H groups in total. The third-order valence-corrected chi connectivity index (χ3v) is 3.29. The largest absolute Gasteiger partial charge is 0.383 e. The van der Waals surface area contributed by atoms with Crippen molar-refractivity contribution >= 4 is 21.6 Å². The van der Waals surface area contributed by atoms with E-state index < -0.39 is 0 Å². The van der Waals surface area contributed by atoms with E-state index in [0.29, 0.717) is 11.0 Å². The van der Waals surface area contributed by atoms with Gasteiger partial charge in [-0.25, -0.2) is 4.39 Å². The summed E-state index contributed by atoms with van der Waals surface area (Å²) in [6, 6.07) is 3.28. The van der Waals surface area contributed by atoms with Gasteiger partial charge >= 0.3 is 0 Å². The molecular weight excluding hydrogens is 297 g/mol. The molecule has 2 aromatic rings.